The Bertz CT molecular complexity index is 5960. The Morgan fingerprint density at radius 2 is 0.868 bits per heavy atom. The number of anilines is 13. The maximum absolute atomic E-state index is 13.9. The highest BCUT2D eigenvalue weighted by atomic mass is 19.4. The van der Waals surface area contributed by atoms with Gasteiger partial charge in [-0.15, -0.1) is 5.10 Å². The van der Waals surface area contributed by atoms with Crippen LogP contribution in [-0.2, 0) is 0 Å². The maximum Gasteiger partial charge on any atom is 0.393 e. The molecule has 0 saturated carbocycles. The smallest absolute Gasteiger partial charge is 0.366 e. The third kappa shape index (κ3) is 15.0. The van der Waals surface area contributed by atoms with Crippen molar-refractivity contribution in [2.75, 3.05) is 131 Å². The first-order valence-corrected chi connectivity index (χ1v) is 39.4. The Kier molecular flexibility index (Phi) is 19.8. The minimum absolute atomic E-state index is 0.0315. The van der Waals surface area contributed by atoms with Gasteiger partial charge in [-0.2, -0.15) is 27.9 Å². The predicted octanol–water partition coefficient (Wildman–Crippen LogP) is 11.4. The molecule has 8 bridgehead atoms. The molecule has 5 saturated heterocycles. The highest BCUT2D eigenvalue weighted by Crippen LogP contribution is 2.46. The lowest BCUT2D eigenvalue weighted by molar-refractivity contribution is -0.168. The van der Waals surface area contributed by atoms with Gasteiger partial charge in [0, 0.05) is 136 Å². The van der Waals surface area contributed by atoms with Gasteiger partial charge in [0.05, 0.1) is 76.2 Å². The molecule has 0 radical (unpaired) electrons. The number of urea groups is 4. The lowest BCUT2D eigenvalue weighted by Gasteiger charge is -2.36. The number of hydrogen-bond acceptors (Lipinski definition) is 26. The summed E-state index contributed by atoms with van der Waals surface area (Å²) in [5, 5.41) is 21.7. The van der Waals surface area contributed by atoms with Crippen molar-refractivity contribution in [2.24, 2.45) is 5.92 Å². The number of hydrogen-bond donors (Lipinski definition) is 6. The number of H-pyrrole nitrogens is 2. The average molecular weight is 1640 g/mol. The van der Waals surface area contributed by atoms with Crippen molar-refractivity contribution in [1.29, 1.82) is 0 Å². The Balaban J connectivity index is 0.000000106. The number of carbonyl (C=O) groups is 4. The number of amides is 8. The number of fused-ring (bicyclic) bond motifs is 18. The summed E-state index contributed by atoms with van der Waals surface area (Å²) in [4.78, 5) is 138. The first-order valence-electron chi connectivity index (χ1n) is 39.4. The topological polar surface area (TPSA) is 396 Å². The largest absolute Gasteiger partial charge is 0.393 e. The number of aromatic nitrogens is 19. The van der Waals surface area contributed by atoms with Gasteiger partial charge >= 0.3 is 30.3 Å². The van der Waals surface area contributed by atoms with E-state index in [4.69, 9.17) is 15.0 Å². The molecule has 0 aromatic carbocycles. The summed E-state index contributed by atoms with van der Waals surface area (Å²) in [6.45, 7) is 12.4. The second kappa shape index (κ2) is 31.5. The third-order valence-corrected chi connectivity index (χ3v) is 22.8. The molecule has 9 aliphatic rings. The fourth-order valence-corrected chi connectivity index (χ4v) is 17.0. The standard InChI is InChI=1S/C21H19N9O.C20H21F3N6O.C20H18FN7O.C20H18N10O/c1-12-8-13(4-6-22-12)15-2-3-16-20(27-15)30(14-5-7-29(16)9-14)21(31)28-19-17-18(24-10-23-17)25-11-26-19;21-20(22,23)13-6-9-28(11-13)17-5-4-15-18(26-17)29(14-7-10-27(15)12-14)19(30)25-16-3-1-2-8-24-16;1-12-10-13(4-6-22-12)15-2-3-16-19(25-15)28(14-5-9-27(16)11-14)20(29)26-18-17(21)23-7-8-24-18;1-11-8-12(4-6-21-11)14-2-3-15-19(24-14)30(13-5-7-29(15)9-13)20(31)25-17-16-18(23-10-22-17)27-28-26-16/h2-4,6,8,10-11,14H,5,7,9H2,1H3,(H2,23,24,25,26,28,31);1-5,8,13-14H,6-7,9-12H2,(H,24,25,30);2-4,6-8,10,14H,5,9,11H2,1H3,(H,24,26,29);2-4,6,8,10,13H,5,7,9H2,1H3,(H2,22,23,25,26,27,28,31)/t14-;13-,14-;14-;13-/m0000/s1. The highest BCUT2D eigenvalue weighted by molar-refractivity contribution is 6.09. The molecule has 40 heteroatoms. The van der Waals surface area contributed by atoms with Crippen molar-refractivity contribution < 1.29 is 36.7 Å². The van der Waals surface area contributed by atoms with E-state index in [-0.39, 0.29) is 61.0 Å². The molecule has 9 aliphatic heterocycles. The van der Waals surface area contributed by atoms with Crippen LogP contribution in [0.3, 0.4) is 0 Å². The molecule has 0 unspecified atom stereocenters. The number of alkyl halides is 3. The molecule has 612 valence electrons. The lowest BCUT2D eigenvalue weighted by Crippen LogP contribution is -2.48. The Hall–Kier alpha value is -14.9. The van der Waals surface area contributed by atoms with Gasteiger partial charge in [0.25, 0.3) is 5.95 Å². The van der Waals surface area contributed by atoms with E-state index >= 15 is 0 Å². The van der Waals surface area contributed by atoms with Crippen LogP contribution < -0.4 is 65.4 Å². The van der Waals surface area contributed by atoms with E-state index in [1.807, 2.05) is 99.6 Å². The Labute approximate surface area is 686 Å². The summed E-state index contributed by atoms with van der Waals surface area (Å²) in [5.74, 6) is 1.61. The first kappa shape index (κ1) is 76.1. The fourth-order valence-electron chi connectivity index (χ4n) is 17.0. The molecule has 22 rings (SSSR count). The van der Waals surface area contributed by atoms with Crippen molar-refractivity contribution in [2.45, 2.75) is 83.2 Å². The van der Waals surface area contributed by atoms with Crippen LogP contribution >= 0.6 is 0 Å². The first-order chi connectivity index (χ1) is 58.8. The van der Waals surface area contributed by atoms with E-state index < -0.39 is 24.1 Å². The zero-order valence-corrected chi connectivity index (χ0v) is 65.3. The van der Waals surface area contributed by atoms with Crippen molar-refractivity contribution in [3.05, 3.63) is 182 Å². The van der Waals surface area contributed by atoms with Crippen LogP contribution in [0.2, 0.25) is 0 Å². The third-order valence-electron chi connectivity index (χ3n) is 22.8. The number of pyridine rings is 8. The number of halogens is 4. The van der Waals surface area contributed by atoms with Gasteiger partial charge in [-0.1, -0.05) is 6.07 Å². The average Bonchev–Trinajstić information content (AvgIpc) is 1.61. The van der Waals surface area contributed by atoms with Crippen molar-refractivity contribution >= 4 is 122 Å². The Morgan fingerprint density at radius 1 is 0.413 bits per heavy atom. The molecule has 8 amide bonds. The highest BCUT2D eigenvalue weighted by Gasteiger charge is 2.47. The predicted molar refractivity (Wildman–Crippen MR) is 443 cm³/mol. The molecular weight excluding hydrogens is 1560 g/mol. The normalized spacial score (nSPS) is 18.6. The van der Waals surface area contributed by atoms with Crippen LogP contribution in [0.5, 0.6) is 0 Å². The molecule has 13 aromatic heterocycles. The summed E-state index contributed by atoms with van der Waals surface area (Å²) >= 11 is 0. The van der Waals surface area contributed by atoms with E-state index in [1.54, 1.807) is 73.6 Å². The SMILES string of the molecule is Cc1cc(-c2ccc3c(n2)N(C(=O)Nc2nccnc2F)[C@H]2CCN3C2)ccn1.Cc1cc(-c2ccc3c(n2)N(C(=O)Nc2ncnc4n[nH]nc24)[C@H]2CCN3C2)ccn1.Cc1cc(-c2ccc3c(n2)N(C(=O)Nc2ncnc4nc[nH]c24)[C@H]2CCN3C2)ccn1.O=C(Nc1ccccn1)N1c2nc(N3CC[C@H](C(F)(F)F)C3)ccc2N2CC[C@H]1C2. The Morgan fingerprint density at radius 3 is 1.35 bits per heavy atom. The van der Waals surface area contributed by atoms with Crippen LogP contribution in [0, 0.1) is 32.6 Å². The second-order valence-corrected chi connectivity index (χ2v) is 30.4. The number of aryl methyl sites for hydroxylation is 3. The molecular formula is C81H76F4N32O4. The molecule has 22 heterocycles. The summed E-state index contributed by atoms with van der Waals surface area (Å²) in [7, 11) is 0. The summed E-state index contributed by atoms with van der Waals surface area (Å²) in [6.07, 6.45) is 12.9. The van der Waals surface area contributed by atoms with Crippen molar-refractivity contribution in [1.82, 2.24) is 95.2 Å². The van der Waals surface area contributed by atoms with E-state index in [0.29, 0.717) is 82.0 Å². The maximum atomic E-state index is 13.9. The molecule has 6 N–H and O–H groups in total. The number of aromatic amines is 2. The van der Waals surface area contributed by atoms with Gasteiger partial charge in [0.1, 0.15) is 29.8 Å². The molecule has 13 aromatic rings. The zero-order valence-electron chi connectivity index (χ0n) is 65.3. The summed E-state index contributed by atoms with van der Waals surface area (Å²) in [5.41, 5.74) is 13.5. The van der Waals surface area contributed by atoms with Crippen LogP contribution in [0.25, 0.3) is 56.1 Å². The molecule has 36 nitrogen and oxygen atoms in total. The van der Waals surface area contributed by atoms with Gasteiger partial charge in [-0.25, -0.2) is 79.0 Å². The number of nitrogens with zero attached hydrogens (tertiary/aromatic N) is 26. The van der Waals surface area contributed by atoms with Gasteiger partial charge in [-0.05, 0) is 150 Å². The summed E-state index contributed by atoms with van der Waals surface area (Å²) < 4.78 is 53.2. The van der Waals surface area contributed by atoms with Gasteiger partial charge < -0.3 is 29.5 Å². The second-order valence-electron chi connectivity index (χ2n) is 30.4. The van der Waals surface area contributed by atoms with Crippen LogP contribution in [-0.4, -0.2) is 215 Å². The zero-order chi connectivity index (χ0) is 82.7. The number of imidazole rings is 1. The van der Waals surface area contributed by atoms with Crippen molar-refractivity contribution in [3.8, 4) is 33.8 Å². The van der Waals surface area contributed by atoms with E-state index in [0.717, 1.165) is 145 Å². The molecule has 5 fully saturated rings. The number of carbonyl (C=O) groups excluding carboxylic acids is 4. The lowest BCUT2D eigenvalue weighted by atomic mass is 10.1. The van der Waals surface area contributed by atoms with Crippen molar-refractivity contribution in [3.63, 3.8) is 0 Å². The number of nitrogens with one attached hydrogen (secondary N) is 6. The van der Waals surface area contributed by atoms with Crippen LogP contribution in [0.4, 0.5) is 112 Å². The fraction of sp³-hybridized carbons (Fsp3) is 0.296. The quantitative estimate of drug-likeness (QED) is 0.0770. The van der Waals surface area contributed by atoms with Crippen LogP contribution in [0.15, 0.2) is 159 Å². The van der Waals surface area contributed by atoms with E-state index in [9.17, 15) is 36.7 Å². The van der Waals surface area contributed by atoms with Crippen LogP contribution in [0.1, 0.15) is 49.2 Å². The monoisotopic (exact) mass is 1640 g/mol. The van der Waals surface area contributed by atoms with Gasteiger partial charge in [0.2, 0.25) is 5.65 Å². The summed E-state index contributed by atoms with van der Waals surface area (Å²) in [6, 6.07) is 31.2. The van der Waals surface area contributed by atoms with E-state index in [1.165, 1.54) is 31.4 Å². The molecule has 121 heavy (non-hydrogen) atoms. The minimum Gasteiger partial charge on any atom is -0.366 e. The minimum atomic E-state index is -4.21. The van der Waals surface area contributed by atoms with Gasteiger partial charge in [0.15, 0.2) is 51.9 Å². The number of rotatable bonds is 8. The molecule has 5 atom stereocenters. The van der Waals surface area contributed by atoms with Gasteiger partial charge in [-0.3, -0.25) is 55.8 Å². The van der Waals surface area contributed by atoms with E-state index in [2.05, 4.69) is 121 Å². The molecule has 0 spiro atoms. The molecule has 0 aliphatic carbocycles.